The van der Waals surface area contributed by atoms with Crippen molar-refractivity contribution in [3.8, 4) is 0 Å². The van der Waals surface area contributed by atoms with E-state index in [0.717, 1.165) is 16.4 Å². The molecule has 0 unspecified atom stereocenters. The zero-order valence-electron chi connectivity index (χ0n) is 9.77. The molecule has 0 aromatic heterocycles. The van der Waals surface area contributed by atoms with Crippen LogP contribution >= 0.6 is 0 Å². The zero-order chi connectivity index (χ0) is 13.2. The Hall–Kier alpha value is -1.40. The number of benzene rings is 1. The minimum absolute atomic E-state index is 0.107. The Balaban J connectivity index is 3.34. The van der Waals surface area contributed by atoms with Crippen molar-refractivity contribution in [1.29, 1.82) is 0 Å². The Morgan fingerprint density at radius 2 is 2.12 bits per heavy atom. The summed E-state index contributed by atoms with van der Waals surface area (Å²) in [6.45, 7) is 5.16. The van der Waals surface area contributed by atoms with Crippen LogP contribution in [0.4, 0.5) is 10.1 Å². The number of hydrogen-bond acceptors (Lipinski definition) is 3. The van der Waals surface area contributed by atoms with Crippen LogP contribution in [0.2, 0.25) is 0 Å². The molecular formula is C11H15FN2O2S. The number of nitrogens with zero attached hydrogens (tertiary/aromatic N) is 1. The van der Waals surface area contributed by atoms with Crippen molar-refractivity contribution in [2.75, 3.05) is 19.3 Å². The quantitative estimate of drug-likeness (QED) is 0.658. The topological polar surface area (TPSA) is 63.4 Å². The van der Waals surface area contributed by atoms with E-state index in [1.165, 1.54) is 13.1 Å². The van der Waals surface area contributed by atoms with Gasteiger partial charge in [0.05, 0.1) is 0 Å². The number of likely N-dealkylation sites (N-methyl/N-ethyl adjacent to an activating group) is 1. The van der Waals surface area contributed by atoms with Crippen LogP contribution in [0.15, 0.2) is 29.7 Å². The molecule has 2 N–H and O–H groups in total. The van der Waals surface area contributed by atoms with Gasteiger partial charge in [0.1, 0.15) is 10.7 Å². The third-order valence-corrected chi connectivity index (χ3v) is 4.23. The average Bonchev–Trinajstić information content (AvgIpc) is 2.23. The lowest BCUT2D eigenvalue weighted by molar-refractivity contribution is 0.489. The maximum atomic E-state index is 13.6. The molecule has 0 saturated carbocycles. The molecule has 4 nitrogen and oxygen atoms in total. The molecule has 0 spiro atoms. The summed E-state index contributed by atoms with van der Waals surface area (Å²) < 4.78 is 38.6. The molecule has 0 atom stereocenters. The van der Waals surface area contributed by atoms with Crippen molar-refractivity contribution >= 4 is 15.7 Å². The van der Waals surface area contributed by atoms with E-state index in [1.807, 2.05) is 0 Å². The SMILES string of the molecule is C=CCN(C)S(=O)(=O)c1cc(N)c(C)cc1F. The van der Waals surface area contributed by atoms with Gasteiger partial charge in [0, 0.05) is 19.3 Å². The van der Waals surface area contributed by atoms with Crippen LogP contribution in [-0.4, -0.2) is 26.3 Å². The van der Waals surface area contributed by atoms with Gasteiger partial charge >= 0.3 is 0 Å². The highest BCUT2D eigenvalue weighted by Gasteiger charge is 2.24. The van der Waals surface area contributed by atoms with Crippen LogP contribution < -0.4 is 5.73 Å². The van der Waals surface area contributed by atoms with Gasteiger partial charge in [0.25, 0.3) is 0 Å². The second kappa shape index (κ2) is 4.85. The number of halogens is 1. The summed E-state index contributed by atoms with van der Waals surface area (Å²) in [4.78, 5) is -0.412. The average molecular weight is 258 g/mol. The molecule has 1 aromatic rings. The molecule has 0 radical (unpaired) electrons. The Kier molecular flexibility index (Phi) is 3.90. The molecule has 0 amide bonds. The van der Waals surface area contributed by atoms with Crippen molar-refractivity contribution in [3.05, 3.63) is 36.2 Å². The van der Waals surface area contributed by atoms with Gasteiger partial charge < -0.3 is 5.73 Å². The van der Waals surface area contributed by atoms with Crippen molar-refractivity contribution in [2.24, 2.45) is 0 Å². The van der Waals surface area contributed by atoms with E-state index in [1.54, 1.807) is 6.92 Å². The van der Waals surface area contributed by atoms with E-state index in [9.17, 15) is 12.8 Å². The third-order valence-electron chi connectivity index (χ3n) is 2.39. The maximum absolute atomic E-state index is 13.6. The molecule has 0 heterocycles. The molecule has 0 aliphatic carbocycles. The lowest BCUT2D eigenvalue weighted by Crippen LogP contribution is -2.28. The van der Waals surface area contributed by atoms with Gasteiger partial charge in [0.2, 0.25) is 10.0 Å². The third kappa shape index (κ3) is 2.65. The van der Waals surface area contributed by atoms with Crippen molar-refractivity contribution in [1.82, 2.24) is 4.31 Å². The molecule has 1 aromatic carbocycles. The summed E-state index contributed by atoms with van der Waals surface area (Å²) in [7, 11) is -2.51. The monoisotopic (exact) mass is 258 g/mol. The van der Waals surface area contributed by atoms with E-state index in [0.29, 0.717) is 5.56 Å². The largest absolute Gasteiger partial charge is 0.398 e. The summed E-state index contributed by atoms with van der Waals surface area (Å²) in [5, 5.41) is 0. The summed E-state index contributed by atoms with van der Waals surface area (Å²) >= 11 is 0. The lowest BCUT2D eigenvalue weighted by Gasteiger charge is -2.16. The second-order valence-electron chi connectivity index (χ2n) is 3.71. The number of anilines is 1. The first-order valence-electron chi connectivity index (χ1n) is 4.93. The van der Waals surface area contributed by atoms with E-state index in [2.05, 4.69) is 6.58 Å². The highest BCUT2D eigenvalue weighted by Crippen LogP contribution is 2.23. The van der Waals surface area contributed by atoms with Crippen LogP contribution in [0.5, 0.6) is 0 Å². The van der Waals surface area contributed by atoms with Gasteiger partial charge in [-0.1, -0.05) is 6.08 Å². The molecule has 0 aliphatic rings. The normalized spacial score (nSPS) is 11.8. The molecule has 0 saturated heterocycles. The minimum Gasteiger partial charge on any atom is -0.398 e. The van der Waals surface area contributed by atoms with Gasteiger partial charge in [-0.2, -0.15) is 4.31 Å². The highest BCUT2D eigenvalue weighted by molar-refractivity contribution is 7.89. The fourth-order valence-electron chi connectivity index (χ4n) is 1.31. The summed E-state index contributed by atoms with van der Waals surface area (Å²) in [5.41, 5.74) is 6.34. The van der Waals surface area contributed by atoms with Gasteiger partial charge in [-0.05, 0) is 24.6 Å². The Morgan fingerprint density at radius 3 is 2.65 bits per heavy atom. The van der Waals surface area contributed by atoms with Crippen molar-refractivity contribution < 1.29 is 12.8 Å². The molecule has 0 aliphatic heterocycles. The lowest BCUT2D eigenvalue weighted by atomic mass is 10.2. The zero-order valence-corrected chi connectivity index (χ0v) is 10.6. The van der Waals surface area contributed by atoms with Crippen LogP contribution in [0, 0.1) is 12.7 Å². The minimum atomic E-state index is -3.86. The number of hydrogen-bond donors (Lipinski definition) is 1. The summed E-state index contributed by atoms with van der Waals surface area (Å²) in [5.74, 6) is -0.799. The second-order valence-corrected chi connectivity index (χ2v) is 5.73. The fraction of sp³-hybridized carbons (Fsp3) is 0.273. The van der Waals surface area contributed by atoms with Crippen LogP contribution in [-0.2, 0) is 10.0 Å². The van der Waals surface area contributed by atoms with Gasteiger partial charge in [-0.25, -0.2) is 12.8 Å². The fourth-order valence-corrected chi connectivity index (χ4v) is 2.53. The summed E-state index contributed by atoms with van der Waals surface area (Å²) in [6.07, 6.45) is 1.42. The number of aryl methyl sites for hydroxylation is 1. The van der Waals surface area contributed by atoms with E-state index in [4.69, 9.17) is 5.73 Å². The van der Waals surface area contributed by atoms with E-state index < -0.39 is 20.7 Å². The number of nitrogen functional groups attached to an aromatic ring is 1. The first-order chi connectivity index (χ1) is 7.80. The summed E-state index contributed by atoms with van der Waals surface area (Å²) in [6, 6.07) is 2.25. The molecule has 6 heteroatoms. The van der Waals surface area contributed by atoms with Crippen LogP contribution in [0.1, 0.15) is 5.56 Å². The Morgan fingerprint density at radius 1 is 1.53 bits per heavy atom. The first-order valence-corrected chi connectivity index (χ1v) is 6.37. The molecule has 94 valence electrons. The molecule has 1 rings (SSSR count). The van der Waals surface area contributed by atoms with Gasteiger partial charge in [-0.15, -0.1) is 6.58 Å². The Bertz CT molecular complexity index is 541. The Labute approximate surface area is 101 Å². The predicted molar refractivity (Wildman–Crippen MR) is 65.6 cm³/mol. The predicted octanol–water partition coefficient (Wildman–Crippen LogP) is 1.52. The molecule has 17 heavy (non-hydrogen) atoms. The van der Waals surface area contributed by atoms with E-state index >= 15 is 0 Å². The smallest absolute Gasteiger partial charge is 0.246 e. The van der Waals surface area contributed by atoms with Crippen LogP contribution in [0.3, 0.4) is 0 Å². The van der Waals surface area contributed by atoms with Crippen molar-refractivity contribution in [2.45, 2.75) is 11.8 Å². The first kappa shape index (κ1) is 13.7. The van der Waals surface area contributed by atoms with E-state index in [-0.39, 0.29) is 12.2 Å². The maximum Gasteiger partial charge on any atom is 0.246 e. The van der Waals surface area contributed by atoms with Crippen molar-refractivity contribution in [3.63, 3.8) is 0 Å². The standard InChI is InChI=1S/C11H15FN2O2S/c1-4-5-14(3)17(15,16)11-7-10(13)8(2)6-9(11)12/h4,6-7H,1,5,13H2,2-3H3. The van der Waals surface area contributed by atoms with Gasteiger partial charge in [-0.3, -0.25) is 0 Å². The number of rotatable bonds is 4. The number of sulfonamides is 1. The van der Waals surface area contributed by atoms with Gasteiger partial charge in [0.15, 0.2) is 0 Å². The number of nitrogens with two attached hydrogens (primary N) is 1. The molecule has 0 fully saturated rings. The molecular weight excluding hydrogens is 243 g/mol. The molecule has 0 bridgehead atoms. The van der Waals surface area contributed by atoms with Crippen LogP contribution in [0.25, 0.3) is 0 Å². The highest BCUT2D eigenvalue weighted by atomic mass is 32.2.